The molecule has 2 fully saturated rings. The molecule has 5 nitrogen and oxygen atoms in total. The number of carbonyl (C=O) groups is 3. The highest BCUT2D eigenvalue weighted by molar-refractivity contribution is 8.01. The molecule has 1 saturated heterocycles. The van der Waals surface area contributed by atoms with E-state index in [1.54, 1.807) is 6.92 Å². The number of nitrogens with zero attached hydrogens (tertiary/aromatic N) is 1. The van der Waals surface area contributed by atoms with Crippen molar-refractivity contribution in [1.29, 1.82) is 0 Å². The maximum Gasteiger partial charge on any atom is 0.242 e. The largest absolute Gasteiger partial charge is 0.352 e. The third-order valence-electron chi connectivity index (χ3n) is 3.64. The molecule has 0 aromatic heterocycles. The van der Waals surface area contributed by atoms with E-state index >= 15 is 0 Å². The lowest BCUT2D eigenvalue weighted by molar-refractivity contribution is -0.146. The second-order valence-electron chi connectivity index (χ2n) is 5.17. The zero-order valence-electron chi connectivity index (χ0n) is 11.2. The molecule has 0 aromatic carbocycles. The summed E-state index contributed by atoms with van der Waals surface area (Å²) in [4.78, 5) is 36.6. The van der Waals surface area contributed by atoms with Gasteiger partial charge in [-0.15, -0.1) is 11.8 Å². The highest BCUT2D eigenvalue weighted by Crippen LogP contribution is 2.20. The predicted octanol–water partition coefficient (Wildman–Crippen LogP) is 0.926. The summed E-state index contributed by atoms with van der Waals surface area (Å²) in [5, 5.41) is 2.69. The van der Waals surface area contributed by atoms with Gasteiger partial charge in [-0.05, 0) is 19.8 Å². The van der Waals surface area contributed by atoms with Crippen LogP contribution in [0.1, 0.15) is 39.0 Å². The second kappa shape index (κ2) is 6.41. The first kappa shape index (κ1) is 14.4. The third-order valence-corrected chi connectivity index (χ3v) is 4.76. The van der Waals surface area contributed by atoms with E-state index in [9.17, 15) is 14.4 Å². The molecule has 0 bridgehead atoms. The Bertz CT molecular complexity index is 380. The van der Waals surface area contributed by atoms with E-state index in [4.69, 9.17) is 0 Å². The topological polar surface area (TPSA) is 66.5 Å². The van der Waals surface area contributed by atoms with Crippen LogP contribution in [0.2, 0.25) is 0 Å². The van der Waals surface area contributed by atoms with Crippen molar-refractivity contribution in [2.45, 2.75) is 50.3 Å². The van der Waals surface area contributed by atoms with Gasteiger partial charge in [0.2, 0.25) is 17.7 Å². The minimum atomic E-state index is -0.258. The average Bonchev–Trinajstić information content (AvgIpc) is 2.40. The van der Waals surface area contributed by atoms with Crippen molar-refractivity contribution in [2.24, 2.45) is 0 Å². The summed E-state index contributed by atoms with van der Waals surface area (Å²) in [6.07, 6.45) is 5.50. The van der Waals surface area contributed by atoms with E-state index in [2.05, 4.69) is 5.32 Å². The van der Waals surface area contributed by atoms with Crippen molar-refractivity contribution in [2.75, 3.05) is 12.3 Å². The molecule has 0 radical (unpaired) electrons. The molecular formula is C13H20N2O3S. The van der Waals surface area contributed by atoms with Crippen LogP contribution in [0.15, 0.2) is 0 Å². The number of imide groups is 1. The first-order chi connectivity index (χ1) is 9.08. The van der Waals surface area contributed by atoms with Gasteiger partial charge in [-0.2, -0.15) is 0 Å². The maximum atomic E-state index is 11.9. The van der Waals surface area contributed by atoms with Gasteiger partial charge < -0.3 is 5.32 Å². The molecule has 2 rings (SSSR count). The van der Waals surface area contributed by atoms with Crippen molar-refractivity contribution < 1.29 is 14.4 Å². The van der Waals surface area contributed by atoms with Crippen LogP contribution in [0.25, 0.3) is 0 Å². The number of thioether (sulfide) groups is 1. The molecule has 106 valence electrons. The number of carbonyl (C=O) groups excluding carboxylic acids is 3. The van der Waals surface area contributed by atoms with Crippen LogP contribution < -0.4 is 5.32 Å². The van der Waals surface area contributed by atoms with Gasteiger partial charge in [0.05, 0.1) is 11.0 Å². The Hall–Kier alpha value is -1.04. The monoisotopic (exact) mass is 284 g/mol. The summed E-state index contributed by atoms with van der Waals surface area (Å²) in [6, 6.07) is 0.211. The number of nitrogens with one attached hydrogen (secondary N) is 1. The predicted molar refractivity (Wildman–Crippen MR) is 73.7 cm³/mol. The number of hydrogen-bond acceptors (Lipinski definition) is 4. The Morgan fingerprint density at radius 1 is 1.32 bits per heavy atom. The summed E-state index contributed by atoms with van der Waals surface area (Å²) >= 11 is 1.33. The van der Waals surface area contributed by atoms with Crippen LogP contribution >= 0.6 is 11.8 Å². The van der Waals surface area contributed by atoms with Crippen molar-refractivity contribution in [1.82, 2.24) is 10.2 Å². The highest BCUT2D eigenvalue weighted by atomic mass is 32.2. The Morgan fingerprint density at radius 2 is 2.00 bits per heavy atom. The smallest absolute Gasteiger partial charge is 0.242 e. The summed E-state index contributed by atoms with van der Waals surface area (Å²) in [7, 11) is 0. The fraction of sp³-hybridized carbons (Fsp3) is 0.769. The first-order valence-electron chi connectivity index (χ1n) is 6.83. The second-order valence-corrected chi connectivity index (χ2v) is 6.50. The van der Waals surface area contributed by atoms with Gasteiger partial charge in [-0.1, -0.05) is 19.3 Å². The molecule has 0 aromatic rings. The number of rotatable bonds is 3. The molecule has 1 N–H and O–H groups in total. The normalized spacial score (nSPS) is 25.5. The van der Waals surface area contributed by atoms with Gasteiger partial charge in [-0.25, -0.2) is 0 Å². The molecule has 0 unspecified atom stereocenters. The van der Waals surface area contributed by atoms with Gasteiger partial charge in [0, 0.05) is 6.04 Å². The number of amides is 3. The molecule has 1 heterocycles. The van der Waals surface area contributed by atoms with Crippen LogP contribution in [0, 0.1) is 0 Å². The maximum absolute atomic E-state index is 11.9. The molecule has 6 heteroatoms. The summed E-state index contributed by atoms with van der Waals surface area (Å²) < 4.78 is 0. The van der Waals surface area contributed by atoms with Gasteiger partial charge in [0.1, 0.15) is 6.54 Å². The first-order valence-corrected chi connectivity index (χ1v) is 7.88. The van der Waals surface area contributed by atoms with Crippen LogP contribution in [-0.4, -0.2) is 46.2 Å². The zero-order valence-corrected chi connectivity index (χ0v) is 12.0. The lowest BCUT2D eigenvalue weighted by atomic mass is 9.95. The van der Waals surface area contributed by atoms with Crippen LogP contribution in [-0.2, 0) is 14.4 Å². The minimum Gasteiger partial charge on any atom is -0.352 e. The molecule has 3 amide bonds. The van der Waals surface area contributed by atoms with Crippen LogP contribution in [0.5, 0.6) is 0 Å². The van der Waals surface area contributed by atoms with Gasteiger partial charge in [0.25, 0.3) is 0 Å². The third kappa shape index (κ3) is 3.72. The average molecular weight is 284 g/mol. The Morgan fingerprint density at radius 3 is 2.68 bits per heavy atom. The quantitative estimate of drug-likeness (QED) is 0.783. The van der Waals surface area contributed by atoms with Crippen molar-refractivity contribution in [3.63, 3.8) is 0 Å². The van der Waals surface area contributed by atoms with E-state index in [1.165, 1.54) is 18.2 Å². The lowest BCUT2D eigenvalue weighted by Gasteiger charge is -2.29. The van der Waals surface area contributed by atoms with Crippen molar-refractivity contribution >= 4 is 29.5 Å². The Balaban J connectivity index is 1.86. The van der Waals surface area contributed by atoms with E-state index < -0.39 is 0 Å². The van der Waals surface area contributed by atoms with Gasteiger partial charge >= 0.3 is 0 Å². The molecule has 19 heavy (non-hydrogen) atoms. The SMILES string of the molecule is C[C@H]1SCC(=O)N(CC(=O)NC2CCCCC2)C1=O. The van der Waals surface area contributed by atoms with Crippen molar-refractivity contribution in [3.8, 4) is 0 Å². The molecule has 0 spiro atoms. The highest BCUT2D eigenvalue weighted by Gasteiger charge is 2.33. The van der Waals surface area contributed by atoms with E-state index in [0.717, 1.165) is 30.6 Å². The fourth-order valence-electron chi connectivity index (χ4n) is 2.52. The summed E-state index contributed by atoms with van der Waals surface area (Å²) in [5.41, 5.74) is 0. The van der Waals surface area contributed by atoms with Crippen LogP contribution in [0.3, 0.4) is 0 Å². The molecule has 2 aliphatic rings. The van der Waals surface area contributed by atoms with Crippen LogP contribution in [0.4, 0.5) is 0 Å². The van der Waals surface area contributed by atoms with E-state index in [-0.39, 0.29) is 41.3 Å². The summed E-state index contributed by atoms with van der Waals surface area (Å²) in [6.45, 7) is 1.64. The molecule has 1 saturated carbocycles. The number of hydrogen-bond donors (Lipinski definition) is 1. The lowest BCUT2D eigenvalue weighted by Crippen LogP contribution is -2.52. The molecular weight excluding hydrogens is 264 g/mol. The van der Waals surface area contributed by atoms with E-state index in [0.29, 0.717) is 0 Å². The van der Waals surface area contributed by atoms with Gasteiger partial charge in [0.15, 0.2) is 0 Å². The molecule has 1 aliphatic carbocycles. The molecule has 1 aliphatic heterocycles. The molecule has 1 atom stereocenters. The summed E-state index contributed by atoms with van der Waals surface area (Å²) in [5.74, 6) is -0.441. The van der Waals surface area contributed by atoms with Gasteiger partial charge in [-0.3, -0.25) is 19.3 Å². The van der Waals surface area contributed by atoms with Crippen molar-refractivity contribution in [3.05, 3.63) is 0 Å². The zero-order chi connectivity index (χ0) is 13.8. The Labute approximate surface area is 117 Å². The van der Waals surface area contributed by atoms with E-state index in [1.807, 2.05) is 0 Å². The fourth-order valence-corrected chi connectivity index (χ4v) is 3.34. The Kier molecular flexibility index (Phi) is 4.85. The standard InChI is InChI=1S/C13H20N2O3S/c1-9-13(18)15(12(17)8-19-9)7-11(16)14-10-5-3-2-4-6-10/h9-10H,2-8H2,1H3,(H,14,16)/t9-/m1/s1. The minimum absolute atomic E-state index is 0.126.